The molecule has 0 aliphatic carbocycles. The summed E-state index contributed by atoms with van der Waals surface area (Å²) in [4.78, 5) is 11.3. The fourth-order valence-corrected chi connectivity index (χ4v) is 1.63. The minimum absolute atomic E-state index is 0. The molecule has 0 bridgehead atoms. The van der Waals surface area contributed by atoms with Gasteiger partial charge in [0, 0.05) is 12.1 Å². The standard InChI is InChI=1S/C9H8BF3NO.K/c11-10(12,13)7-2-1-6-3-4-14-9(15)8(6)5-7;/h1-2,5H,3-4H2,(H,14,15);/q-1;+1. The first-order chi connectivity index (χ1) is 6.98. The summed E-state index contributed by atoms with van der Waals surface area (Å²) in [5, 5.41) is 2.52. The molecule has 1 aliphatic heterocycles. The molecule has 80 valence electrons. The average molecular weight is 253 g/mol. The number of fused-ring (bicyclic) bond motifs is 1. The molecule has 1 aromatic carbocycles. The molecule has 2 nitrogen and oxygen atoms in total. The Kier molecular flexibility index (Phi) is 4.65. The first-order valence-corrected chi connectivity index (χ1v) is 4.59. The van der Waals surface area contributed by atoms with E-state index in [-0.39, 0.29) is 56.9 Å². The van der Waals surface area contributed by atoms with E-state index in [0.29, 0.717) is 18.5 Å². The van der Waals surface area contributed by atoms with Crippen LogP contribution in [-0.4, -0.2) is 19.4 Å². The van der Waals surface area contributed by atoms with Gasteiger partial charge in [-0.2, -0.15) is 0 Å². The van der Waals surface area contributed by atoms with Crippen molar-refractivity contribution in [3.63, 3.8) is 0 Å². The third kappa shape index (κ3) is 2.89. The van der Waals surface area contributed by atoms with E-state index in [9.17, 15) is 17.7 Å². The molecule has 16 heavy (non-hydrogen) atoms. The number of amides is 1. The molecule has 1 amide bonds. The maximum absolute atomic E-state index is 12.4. The number of carbonyl (C=O) groups is 1. The molecule has 1 heterocycles. The van der Waals surface area contributed by atoms with Crippen LogP contribution in [0.2, 0.25) is 0 Å². The number of hydrogen-bond acceptors (Lipinski definition) is 1. The van der Waals surface area contributed by atoms with E-state index < -0.39 is 18.3 Å². The Hall–Kier alpha value is 0.181. The van der Waals surface area contributed by atoms with Gasteiger partial charge in [0.05, 0.1) is 0 Å². The number of halogens is 3. The molecule has 1 aliphatic rings. The van der Waals surface area contributed by atoms with Crippen molar-refractivity contribution in [2.45, 2.75) is 6.42 Å². The Labute approximate surface area is 133 Å². The summed E-state index contributed by atoms with van der Waals surface area (Å²) in [5.41, 5.74) is 0.117. The Balaban J connectivity index is 0.00000128. The van der Waals surface area contributed by atoms with Crippen LogP contribution in [-0.2, 0) is 6.42 Å². The third-order valence-corrected chi connectivity index (χ3v) is 2.44. The molecule has 0 unspecified atom stereocenters. The minimum Gasteiger partial charge on any atom is -0.445 e. The molecule has 0 fully saturated rings. The number of nitrogens with one attached hydrogen (secondary N) is 1. The largest absolute Gasteiger partial charge is 1.00 e. The Morgan fingerprint density at radius 1 is 1.25 bits per heavy atom. The molecule has 1 N–H and O–H groups in total. The predicted octanol–water partition coefficient (Wildman–Crippen LogP) is -1.97. The fourth-order valence-electron chi connectivity index (χ4n) is 1.63. The van der Waals surface area contributed by atoms with E-state index in [2.05, 4.69) is 5.32 Å². The fraction of sp³-hybridized carbons (Fsp3) is 0.222. The Bertz CT molecular complexity index is 422. The second-order valence-corrected chi connectivity index (χ2v) is 3.50. The van der Waals surface area contributed by atoms with Crippen LogP contribution in [0.1, 0.15) is 15.9 Å². The number of carbonyl (C=O) groups excluding carboxylic acids is 1. The quantitative estimate of drug-likeness (QED) is 0.578. The molecule has 7 heteroatoms. The first kappa shape index (κ1) is 14.2. The van der Waals surface area contributed by atoms with Gasteiger partial charge in [-0.1, -0.05) is 18.2 Å². The van der Waals surface area contributed by atoms with Crippen molar-refractivity contribution in [1.29, 1.82) is 0 Å². The number of rotatable bonds is 1. The summed E-state index contributed by atoms with van der Waals surface area (Å²) >= 11 is 0. The van der Waals surface area contributed by atoms with Crippen LogP contribution in [0.5, 0.6) is 0 Å². The van der Waals surface area contributed by atoms with Gasteiger partial charge in [-0.15, -0.1) is 5.46 Å². The van der Waals surface area contributed by atoms with Crippen LogP contribution < -0.4 is 62.2 Å². The van der Waals surface area contributed by atoms with Gasteiger partial charge in [0.2, 0.25) is 0 Å². The summed E-state index contributed by atoms with van der Waals surface area (Å²) in [6, 6.07) is 3.36. The summed E-state index contributed by atoms with van der Waals surface area (Å²) in [5.74, 6) is -0.418. The van der Waals surface area contributed by atoms with E-state index in [1.165, 1.54) is 6.07 Å². The van der Waals surface area contributed by atoms with Gasteiger partial charge >= 0.3 is 58.4 Å². The van der Waals surface area contributed by atoms with E-state index in [1.54, 1.807) is 0 Å². The average Bonchev–Trinajstić information content (AvgIpc) is 2.16. The van der Waals surface area contributed by atoms with Crippen LogP contribution >= 0.6 is 0 Å². The maximum Gasteiger partial charge on any atom is 1.00 e. The predicted molar refractivity (Wildman–Crippen MR) is 51.2 cm³/mol. The number of hydrogen-bond donors (Lipinski definition) is 1. The van der Waals surface area contributed by atoms with Crippen molar-refractivity contribution in [2.24, 2.45) is 0 Å². The van der Waals surface area contributed by atoms with Gasteiger partial charge in [0.25, 0.3) is 5.91 Å². The molecular weight excluding hydrogens is 245 g/mol. The van der Waals surface area contributed by atoms with Crippen molar-refractivity contribution in [3.8, 4) is 0 Å². The van der Waals surface area contributed by atoms with Gasteiger partial charge in [0.15, 0.2) is 0 Å². The zero-order valence-electron chi connectivity index (χ0n) is 8.77. The van der Waals surface area contributed by atoms with Gasteiger partial charge in [-0.25, -0.2) is 0 Å². The molecule has 0 saturated carbocycles. The Morgan fingerprint density at radius 3 is 2.56 bits per heavy atom. The number of benzene rings is 1. The third-order valence-electron chi connectivity index (χ3n) is 2.44. The smallest absolute Gasteiger partial charge is 0.445 e. The van der Waals surface area contributed by atoms with E-state index >= 15 is 0 Å². The molecular formula is C9H8BF3KNO. The van der Waals surface area contributed by atoms with Crippen LogP contribution in [0.4, 0.5) is 12.9 Å². The van der Waals surface area contributed by atoms with Crippen molar-refractivity contribution < 1.29 is 69.1 Å². The monoisotopic (exact) mass is 253 g/mol. The Morgan fingerprint density at radius 2 is 1.94 bits per heavy atom. The van der Waals surface area contributed by atoms with Gasteiger partial charge in [-0.05, 0) is 12.0 Å². The van der Waals surface area contributed by atoms with Crippen molar-refractivity contribution in [3.05, 3.63) is 29.3 Å². The SMILES string of the molecule is O=C1NCCc2ccc([B-](F)(F)F)cc21.[K+]. The van der Waals surface area contributed by atoms with Crippen molar-refractivity contribution in [1.82, 2.24) is 5.32 Å². The second kappa shape index (κ2) is 5.22. The van der Waals surface area contributed by atoms with Gasteiger partial charge in [0.1, 0.15) is 0 Å². The summed E-state index contributed by atoms with van der Waals surface area (Å²) in [6.45, 7) is -4.54. The molecule has 0 saturated heterocycles. The topological polar surface area (TPSA) is 29.1 Å². The normalized spacial score (nSPS) is 14.8. The van der Waals surface area contributed by atoms with Gasteiger partial charge < -0.3 is 18.3 Å². The molecule has 0 radical (unpaired) electrons. The zero-order chi connectivity index (χ0) is 11.1. The first-order valence-electron chi connectivity index (χ1n) is 4.59. The van der Waals surface area contributed by atoms with Crippen molar-refractivity contribution >= 4 is 18.3 Å². The zero-order valence-corrected chi connectivity index (χ0v) is 11.9. The molecule has 0 atom stereocenters. The van der Waals surface area contributed by atoms with Crippen LogP contribution in [0.3, 0.4) is 0 Å². The van der Waals surface area contributed by atoms with E-state index in [0.717, 1.165) is 12.1 Å². The molecule has 0 spiro atoms. The van der Waals surface area contributed by atoms with Crippen LogP contribution in [0.15, 0.2) is 18.2 Å². The summed E-state index contributed by atoms with van der Waals surface area (Å²) < 4.78 is 37.2. The molecule has 2 rings (SSSR count). The van der Waals surface area contributed by atoms with Gasteiger partial charge in [-0.3, -0.25) is 4.79 Å². The van der Waals surface area contributed by atoms with Crippen LogP contribution in [0.25, 0.3) is 0 Å². The molecule has 0 aromatic heterocycles. The van der Waals surface area contributed by atoms with E-state index in [4.69, 9.17) is 0 Å². The second-order valence-electron chi connectivity index (χ2n) is 3.50. The minimum atomic E-state index is -5.03. The maximum atomic E-state index is 12.4. The summed E-state index contributed by atoms with van der Waals surface area (Å²) in [7, 11) is 0. The molecule has 1 aromatic rings. The van der Waals surface area contributed by atoms with E-state index in [1.807, 2.05) is 0 Å². The van der Waals surface area contributed by atoms with Crippen LogP contribution in [0, 0.1) is 0 Å². The summed E-state index contributed by atoms with van der Waals surface area (Å²) in [6.07, 6.45) is 0.589. The van der Waals surface area contributed by atoms with Crippen molar-refractivity contribution in [2.75, 3.05) is 6.54 Å².